The molecule has 0 radical (unpaired) electrons. The molecule has 1 heterocycles. The molecule has 1 fully saturated rings. The van der Waals surface area contributed by atoms with Crippen LogP contribution in [-0.4, -0.2) is 76.4 Å². The fourth-order valence-electron chi connectivity index (χ4n) is 3.18. The third-order valence-corrected chi connectivity index (χ3v) is 4.75. The fraction of sp³-hybridized carbons (Fsp3) is 0.619. The number of halogens is 1. The number of nitrogens with one attached hydrogen (secondary N) is 3. The minimum absolute atomic E-state index is 0. The van der Waals surface area contributed by atoms with E-state index in [1.807, 2.05) is 26.0 Å². The number of rotatable bonds is 10. The molecule has 3 N–H and O–H groups in total. The number of methoxy groups -OCH3 is 1. The van der Waals surface area contributed by atoms with Gasteiger partial charge in [-0.1, -0.05) is 19.1 Å². The largest absolute Gasteiger partial charge is 0.497 e. The Balaban J connectivity index is 0.00000450. The van der Waals surface area contributed by atoms with Crippen LogP contribution in [0.3, 0.4) is 0 Å². The molecule has 8 nitrogen and oxygen atoms in total. The van der Waals surface area contributed by atoms with Crippen LogP contribution in [0.15, 0.2) is 29.3 Å². The van der Waals surface area contributed by atoms with Gasteiger partial charge in [0, 0.05) is 32.7 Å². The Labute approximate surface area is 197 Å². The van der Waals surface area contributed by atoms with Crippen molar-refractivity contribution in [1.29, 1.82) is 0 Å². The third-order valence-electron chi connectivity index (χ3n) is 4.75. The van der Waals surface area contributed by atoms with Crippen molar-refractivity contribution in [3.8, 4) is 5.75 Å². The van der Waals surface area contributed by atoms with Gasteiger partial charge in [-0.05, 0) is 31.0 Å². The summed E-state index contributed by atoms with van der Waals surface area (Å²) in [5.74, 6) is 1.42. The Bertz CT molecular complexity index is 636. The van der Waals surface area contributed by atoms with Gasteiger partial charge >= 0.3 is 0 Å². The van der Waals surface area contributed by atoms with Gasteiger partial charge < -0.3 is 25.4 Å². The van der Waals surface area contributed by atoms with Gasteiger partial charge in [-0.15, -0.1) is 24.0 Å². The molecule has 1 aliphatic heterocycles. The van der Waals surface area contributed by atoms with Gasteiger partial charge in [0.25, 0.3) is 0 Å². The molecule has 0 aliphatic carbocycles. The maximum Gasteiger partial charge on any atom is 0.241 e. The van der Waals surface area contributed by atoms with Crippen LogP contribution in [0.1, 0.15) is 31.9 Å². The number of benzene rings is 1. The number of nitrogens with zero attached hydrogens (tertiary/aromatic N) is 2. The lowest BCUT2D eigenvalue weighted by atomic mass is 10.0. The van der Waals surface area contributed by atoms with Crippen molar-refractivity contribution in [2.45, 2.75) is 26.3 Å². The number of carbonyl (C=O) groups is 1. The summed E-state index contributed by atoms with van der Waals surface area (Å²) in [6, 6.07) is 8.34. The number of guanidine groups is 1. The monoisotopic (exact) mass is 533 g/mol. The van der Waals surface area contributed by atoms with Gasteiger partial charge in [0.15, 0.2) is 5.96 Å². The van der Waals surface area contributed by atoms with Crippen molar-refractivity contribution in [2.24, 2.45) is 4.99 Å². The lowest BCUT2D eigenvalue weighted by Gasteiger charge is -2.35. The van der Waals surface area contributed by atoms with E-state index in [-0.39, 0.29) is 42.5 Å². The molecule has 1 aromatic carbocycles. The van der Waals surface area contributed by atoms with Crippen molar-refractivity contribution >= 4 is 35.8 Å². The first-order valence-electron chi connectivity index (χ1n) is 10.4. The predicted octanol–water partition coefficient (Wildman–Crippen LogP) is 1.77. The molecule has 1 atom stereocenters. The van der Waals surface area contributed by atoms with Crippen LogP contribution < -0.4 is 20.7 Å². The topological polar surface area (TPSA) is 87.2 Å². The molecule has 2 rings (SSSR count). The molecule has 9 heteroatoms. The van der Waals surface area contributed by atoms with Gasteiger partial charge in [0.1, 0.15) is 12.3 Å². The van der Waals surface area contributed by atoms with Crippen LogP contribution in [0.2, 0.25) is 0 Å². The quantitative estimate of drug-likeness (QED) is 0.242. The van der Waals surface area contributed by atoms with Gasteiger partial charge in [-0.2, -0.15) is 0 Å². The Kier molecular flexibility index (Phi) is 13.4. The zero-order valence-corrected chi connectivity index (χ0v) is 20.6. The SMILES string of the molecule is CCCNC(=O)CN=C(NCC)NCC(c1ccc(OC)cc1)N1CCOCC1.I. The van der Waals surface area contributed by atoms with Crippen molar-refractivity contribution < 1.29 is 14.3 Å². The lowest BCUT2D eigenvalue weighted by molar-refractivity contribution is -0.119. The highest BCUT2D eigenvalue weighted by atomic mass is 127. The highest BCUT2D eigenvalue weighted by Crippen LogP contribution is 2.23. The highest BCUT2D eigenvalue weighted by Gasteiger charge is 2.23. The maximum absolute atomic E-state index is 11.9. The molecular formula is C21H36IN5O3. The van der Waals surface area contributed by atoms with E-state index in [1.54, 1.807) is 7.11 Å². The predicted molar refractivity (Wildman–Crippen MR) is 131 cm³/mol. The number of carbonyl (C=O) groups excluding carboxylic acids is 1. The zero-order valence-electron chi connectivity index (χ0n) is 18.3. The van der Waals surface area contributed by atoms with Crippen LogP contribution >= 0.6 is 24.0 Å². The first-order valence-corrected chi connectivity index (χ1v) is 10.4. The van der Waals surface area contributed by atoms with Crippen LogP contribution in [0, 0.1) is 0 Å². The molecule has 1 amide bonds. The van der Waals surface area contributed by atoms with E-state index in [2.05, 4.69) is 38.0 Å². The maximum atomic E-state index is 11.9. The number of hydrogen-bond donors (Lipinski definition) is 3. The molecule has 0 spiro atoms. The normalized spacial score (nSPS) is 15.6. The number of ether oxygens (including phenoxy) is 2. The molecule has 1 unspecified atom stereocenters. The summed E-state index contributed by atoms with van der Waals surface area (Å²) in [4.78, 5) is 18.7. The zero-order chi connectivity index (χ0) is 20.9. The molecule has 0 saturated carbocycles. The number of amides is 1. The van der Waals surface area contributed by atoms with E-state index in [4.69, 9.17) is 9.47 Å². The summed E-state index contributed by atoms with van der Waals surface area (Å²) >= 11 is 0. The molecule has 0 aromatic heterocycles. The van der Waals surface area contributed by atoms with Crippen molar-refractivity contribution in [1.82, 2.24) is 20.9 Å². The van der Waals surface area contributed by atoms with Crippen LogP contribution in [0.4, 0.5) is 0 Å². The van der Waals surface area contributed by atoms with Gasteiger partial charge in [0.05, 0.1) is 26.4 Å². The molecular weight excluding hydrogens is 497 g/mol. The molecule has 1 aromatic rings. The first kappa shape index (κ1) is 26.4. The summed E-state index contributed by atoms with van der Waals surface area (Å²) in [6.45, 7) is 9.46. The summed E-state index contributed by atoms with van der Waals surface area (Å²) in [5, 5.41) is 9.47. The minimum atomic E-state index is -0.0658. The van der Waals surface area contributed by atoms with Gasteiger partial charge in [-0.25, -0.2) is 4.99 Å². The number of aliphatic imine (C=N–C) groups is 1. The van der Waals surface area contributed by atoms with Crippen LogP contribution in [0.5, 0.6) is 5.75 Å². The molecule has 1 saturated heterocycles. The number of hydrogen-bond acceptors (Lipinski definition) is 5. The second-order valence-electron chi connectivity index (χ2n) is 6.86. The average molecular weight is 533 g/mol. The van der Waals surface area contributed by atoms with E-state index in [1.165, 1.54) is 5.56 Å². The smallest absolute Gasteiger partial charge is 0.241 e. The third kappa shape index (κ3) is 9.05. The van der Waals surface area contributed by atoms with Crippen LogP contribution in [0.25, 0.3) is 0 Å². The fourth-order valence-corrected chi connectivity index (χ4v) is 3.18. The summed E-state index contributed by atoms with van der Waals surface area (Å²) in [6.07, 6.45) is 0.914. The Morgan fingerprint density at radius 3 is 2.47 bits per heavy atom. The van der Waals surface area contributed by atoms with E-state index < -0.39 is 0 Å². The molecule has 1 aliphatic rings. The second kappa shape index (κ2) is 15.2. The Morgan fingerprint density at radius 2 is 1.87 bits per heavy atom. The summed E-state index contributed by atoms with van der Waals surface area (Å²) in [7, 11) is 1.67. The van der Waals surface area contributed by atoms with Gasteiger partial charge in [0.2, 0.25) is 5.91 Å². The summed E-state index contributed by atoms with van der Waals surface area (Å²) < 4.78 is 10.8. The van der Waals surface area contributed by atoms with E-state index in [0.29, 0.717) is 19.0 Å². The summed E-state index contributed by atoms with van der Waals surface area (Å²) in [5.41, 5.74) is 1.21. The lowest BCUT2D eigenvalue weighted by Crippen LogP contribution is -2.46. The van der Waals surface area contributed by atoms with Crippen molar-refractivity contribution in [3.05, 3.63) is 29.8 Å². The van der Waals surface area contributed by atoms with Crippen LogP contribution in [-0.2, 0) is 9.53 Å². The molecule has 30 heavy (non-hydrogen) atoms. The highest BCUT2D eigenvalue weighted by molar-refractivity contribution is 14.0. The van der Waals surface area contributed by atoms with Crippen molar-refractivity contribution in [3.63, 3.8) is 0 Å². The van der Waals surface area contributed by atoms with E-state index in [9.17, 15) is 4.79 Å². The Hall–Kier alpha value is -1.59. The standard InChI is InChI=1S/C21H35N5O3.HI/c1-4-10-23-20(27)16-25-21(22-5-2)24-15-19(26-11-13-29-14-12-26)17-6-8-18(28-3)9-7-17;/h6-9,19H,4-5,10-16H2,1-3H3,(H,23,27)(H2,22,24,25);1H. The molecule has 0 bridgehead atoms. The minimum Gasteiger partial charge on any atom is -0.497 e. The van der Waals surface area contributed by atoms with Crippen molar-refractivity contribution in [2.75, 3.05) is 59.6 Å². The Morgan fingerprint density at radius 1 is 1.17 bits per heavy atom. The molecule has 170 valence electrons. The second-order valence-corrected chi connectivity index (χ2v) is 6.86. The number of morpholine rings is 1. The first-order chi connectivity index (χ1) is 14.2. The van der Waals surface area contributed by atoms with E-state index >= 15 is 0 Å². The van der Waals surface area contributed by atoms with E-state index in [0.717, 1.165) is 45.0 Å². The van der Waals surface area contributed by atoms with Gasteiger partial charge in [-0.3, -0.25) is 9.69 Å². The average Bonchev–Trinajstić information content (AvgIpc) is 2.77.